The van der Waals surface area contributed by atoms with Gasteiger partial charge in [0.1, 0.15) is 54.0 Å². The highest BCUT2D eigenvalue weighted by Gasteiger charge is 2.42. The van der Waals surface area contributed by atoms with E-state index in [4.69, 9.17) is 40.1 Å². The topological polar surface area (TPSA) is 519 Å². The molecule has 31 nitrogen and oxygen atoms in total. The summed E-state index contributed by atoms with van der Waals surface area (Å²) < 4.78 is 0. The Kier molecular flexibility index (Phi) is 33.6. The first-order valence-electron chi connectivity index (χ1n) is 31.9. The molecule has 13 amide bonds. The number of hydrogen-bond acceptors (Lipinski definition) is 17. The Morgan fingerprint density at radius 2 is 1.14 bits per heavy atom. The lowest BCUT2D eigenvalue weighted by molar-refractivity contribution is -0.144. The highest BCUT2D eigenvalue weighted by molar-refractivity contribution is 7.98. The van der Waals surface area contributed by atoms with Crippen LogP contribution in [0, 0.1) is 5.92 Å². The Morgan fingerprint density at radius 1 is 0.600 bits per heavy atom. The van der Waals surface area contributed by atoms with Crippen molar-refractivity contribution in [3.63, 3.8) is 0 Å². The minimum Gasteiger partial charge on any atom is -0.370 e. The standard InChI is InChI=1S/C63H96N18O13S/c1-37(2)33-45(57(89)74-41(53(68)85)27-32-95-3)73-52(84)36-72-54(86)46(34-38-15-6-4-7-16-38)78-58(90)47(35-39-17-8-5-9-18-39)79-56(88)42(23-25-50(66)82)75-55(87)43(24-26-51(67)83)76-59(91)49-22-14-31-81(49)62(94)44(20-10-11-28-64)77-60(92)48-21-13-30-80(48)61(93)40(65)19-12-29-71-63(69)70/h4-9,15-18,34,37,40-45,47-49H,10-14,19-33,35-36,64-65H2,1-3H3,(H2,66,82)(H2,67,83)(H2,68,85)(H,72,86)(H,73,84)(H,74,89)(H,75,87)(H,76,91)(H,77,92)(H,78,90)(H,79,88)(H4,69,70,71)/b46-34-/t40-,41-,42-,43-,44-,45-,47-,48-,49-/m0/s1. The first-order chi connectivity index (χ1) is 45.2. The Balaban J connectivity index is 1.57. The van der Waals surface area contributed by atoms with E-state index in [0.29, 0.717) is 55.4 Å². The number of carbonyl (C=O) groups excluding carboxylic acids is 13. The van der Waals surface area contributed by atoms with Gasteiger partial charge >= 0.3 is 0 Å². The molecule has 4 rings (SSSR count). The normalized spacial score (nSPS) is 16.7. The number of benzene rings is 2. The van der Waals surface area contributed by atoms with Crippen LogP contribution >= 0.6 is 11.8 Å². The molecule has 95 heavy (non-hydrogen) atoms. The number of unbranched alkanes of at least 4 members (excludes halogenated alkanes) is 1. The van der Waals surface area contributed by atoms with Crippen molar-refractivity contribution in [2.75, 3.05) is 44.7 Å². The summed E-state index contributed by atoms with van der Waals surface area (Å²) in [5.41, 5.74) is 40.0. The fourth-order valence-corrected chi connectivity index (χ4v) is 11.2. The zero-order valence-corrected chi connectivity index (χ0v) is 55.1. The van der Waals surface area contributed by atoms with Gasteiger partial charge in [-0.1, -0.05) is 74.5 Å². The number of carbonyl (C=O) groups is 13. The number of nitrogens with two attached hydrogens (primary N) is 7. The molecule has 0 unspecified atom stereocenters. The number of aliphatic imine (C=N–C) groups is 1. The second-order valence-electron chi connectivity index (χ2n) is 23.8. The molecule has 32 heteroatoms. The molecule has 522 valence electrons. The van der Waals surface area contributed by atoms with Gasteiger partial charge in [0.05, 0.1) is 12.6 Å². The van der Waals surface area contributed by atoms with Crippen LogP contribution in [0.15, 0.2) is 71.4 Å². The van der Waals surface area contributed by atoms with Gasteiger partial charge in [-0.15, -0.1) is 0 Å². The minimum atomic E-state index is -1.66. The van der Waals surface area contributed by atoms with Crippen molar-refractivity contribution in [3.05, 3.63) is 77.5 Å². The van der Waals surface area contributed by atoms with Gasteiger partial charge < -0.3 is 92.5 Å². The molecule has 9 atom stereocenters. The number of thioether (sulfide) groups is 1. The Labute approximate surface area is 557 Å². The van der Waals surface area contributed by atoms with E-state index in [1.54, 1.807) is 60.7 Å². The van der Waals surface area contributed by atoms with Gasteiger partial charge in [0.25, 0.3) is 5.91 Å². The fraction of sp³-hybridized carbons (Fsp3) is 0.556. The number of nitrogens with one attached hydrogen (secondary N) is 8. The van der Waals surface area contributed by atoms with E-state index in [-0.39, 0.29) is 76.6 Å². The maximum Gasteiger partial charge on any atom is 0.268 e. The second-order valence-corrected chi connectivity index (χ2v) is 24.8. The third kappa shape index (κ3) is 27.4. The Bertz CT molecular complexity index is 3030. The van der Waals surface area contributed by atoms with Gasteiger partial charge in [0.2, 0.25) is 70.9 Å². The van der Waals surface area contributed by atoms with E-state index in [2.05, 4.69) is 47.5 Å². The van der Waals surface area contributed by atoms with Crippen molar-refractivity contribution in [1.29, 1.82) is 0 Å². The molecule has 2 fully saturated rings. The summed E-state index contributed by atoms with van der Waals surface area (Å²) in [4.78, 5) is 185. The summed E-state index contributed by atoms with van der Waals surface area (Å²) in [5, 5.41) is 20.8. The molecular weight excluding hydrogens is 1250 g/mol. The predicted molar refractivity (Wildman–Crippen MR) is 356 cm³/mol. The van der Waals surface area contributed by atoms with Crippen LogP contribution in [0.1, 0.15) is 121 Å². The van der Waals surface area contributed by atoms with Gasteiger partial charge in [0, 0.05) is 38.9 Å². The molecule has 2 aromatic carbocycles. The molecule has 0 spiro atoms. The van der Waals surface area contributed by atoms with Crippen molar-refractivity contribution in [2.24, 2.45) is 51.0 Å². The average Bonchev–Trinajstić information content (AvgIpc) is 1.74. The molecule has 0 radical (unpaired) electrons. The monoisotopic (exact) mass is 1340 g/mol. The quantitative estimate of drug-likeness (QED) is 0.0134. The summed E-state index contributed by atoms with van der Waals surface area (Å²) >= 11 is 1.45. The van der Waals surface area contributed by atoms with E-state index < -0.39 is 169 Å². The van der Waals surface area contributed by atoms with Crippen molar-refractivity contribution in [3.8, 4) is 0 Å². The van der Waals surface area contributed by atoms with E-state index >= 15 is 0 Å². The lowest BCUT2D eigenvalue weighted by Gasteiger charge is -2.32. The van der Waals surface area contributed by atoms with Crippen LogP contribution in [-0.2, 0) is 68.7 Å². The number of likely N-dealkylation sites (tertiary alicyclic amines) is 2. The maximum absolute atomic E-state index is 14.6. The Hall–Kier alpha value is -9.17. The number of guanidine groups is 1. The van der Waals surface area contributed by atoms with Gasteiger partial charge in [-0.05, 0) is 125 Å². The van der Waals surface area contributed by atoms with Crippen molar-refractivity contribution < 1.29 is 62.3 Å². The molecular formula is C63H96N18O13S. The van der Waals surface area contributed by atoms with Crippen LogP contribution < -0.4 is 82.7 Å². The number of rotatable bonds is 41. The van der Waals surface area contributed by atoms with Crippen LogP contribution in [0.3, 0.4) is 0 Å². The fourth-order valence-electron chi connectivity index (χ4n) is 10.8. The number of nitrogens with zero attached hydrogens (tertiary/aromatic N) is 3. The summed E-state index contributed by atoms with van der Waals surface area (Å²) in [6.45, 7) is 3.80. The van der Waals surface area contributed by atoms with E-state index in [9.17, 15) is 62.3 Å². The van der Waals surface area contributed by atoms with Crippen LogP contribution in [0.4, 0.5) is 0 Å². The Morgan fingerprint density at radius 3 is 1.68 bits per heavy atom. The molecule has 2 saturated heterocycles. The predicted octanol–water partition coefficient (Wildman–Crippen LogP) is -3.28. The van der Waals surface area contributed by atoms with Gasteiger partial charge in [0.15, 0.2) is 5.96 Å². The average molecular weight is 1350 g/mol. The van der Waals surface area contributed by atoms with E-state index in [0.717, 1.165) is 0 Å². The first-order valence-corrected chi connectivity index (χ1v) is 33.3. The van der Waals surface area contributed by atoms with Crippen molar-refractivity contribution >= 4 is 101 Å². The third-order valence-electron chi connectivity index (χ3n) is 15.7. The summed E-state index contributed by atoms with van der Waals surface area (Å²) in [5.74, 6) is -10.1. The summed E-state index contributed by atoms with van der Waals surface area (Å²) in [6.07, 6.45) is 4.45. The minimum absolute atomic E-state index is 0.0702. The van der Waals surface area contributed by atoms with Crippen LogP contribution in [0.5, 0.6) is 0 Å². The second kappa shape index (κ2) is 40.8. The van der Waals surface area contributed by atoms with Crippen LogP contribution in [-0.4, -0.2) is 192 Å². The molecule has 2 heterocycles. The molecule has 0 bridgehead atoms. The van der Waals surface area contributed by atoms with Crippen LogP contribution in [0.25, 0.3) is 6.08 Å². The molecule has 2 aliphatic heterocycles. The largest absolute Gasteiger partial charge is 0.370 e. The lowest BCUT2D eigenvalue weighted by atomic mass is 10.0. The lowest BCUT2D eigenvalue weighted by Crippen LogP contribution is -2.59. The molecule has 0 aromatic heterocycles. The highest BCUT2D eigenvalue weighted by Crippen LogP contribution is 2.24. The van der Waals surface area contributed by atoms with Crippen molar-refractivity contribution in [2.45, 2.75) is 171 Å². The maximum atomic E-state index is 14.6. The molecule has 22 N–H and O–H groups in total. The van der Waals surface area contributed by atoms with Crippen molar-refractivity contribution in [1.82, 2.24) is 52.3 Å². The number of hydrogen-bond donors (Lipinski definition) is 15. The molecule has 0 aliphatic carbocycles. The zero-order valence-electron chi connectivity index (χ0n) is 54.3. The van der Waals surface area contributed by atoms with E-state index in [1.165, 1.54) is 27.6 Å². The van der Waals surface area contributed by atoms with Gasteiger partial charge in [-0.2, -0.15) is 11.8 Å². The smallest absolute Gasteiger partial charge is 0.268 e. The summed E-state index contributed by atoms with van der Waals surface area (Å²) in [7, 11) is 0. The third-order valence-corrected chi connectivity index (χ3v) is 16.4. The SMILES string of the molecule is CSCC[C@H](NC(=O)[C@H](CC(C)C)NC(=O)CNC(=O)/C(=C/c1ccccc1)NC(=O)[C@H](Cc1ccccc1)NC(=O)[C@H](CCC(N)=O)NC(=O)[C@H](CCC(N)=O)NC(=O)[C@@H]1CCCN1C(=O)[C@H](CCCCN)NC(=O)[C@@H]1CCCN1C(=O)[C@@H](N)CCCN=C(N)N)C(N)=O. The highest BCUT2D eigenvalue weighted by atomic mass is 32.2. The first kappa shape index (κ1) is 78.3. The van der Waals surface area contributed by atoms with E-state index in [1.807, 2.05) is 20.1 Å². The number of primary amides is 3. The van der Waals surface area contributed by atoms with Gasteiger partial charge in [-0.3, -0.25) is 67.3 Å². The van der Waals surface area contributed by atoms with Crippen LogP contribution in [0.2, 0.25) is 0 Å². The number of amides is 13. The zero-order chi connectivity index (χ0) is 70.1. The molecule has 2 aliphatic rings. The summed E-state index contributed by atoms with van der Waals surface area (Å²) in [6, 6.07) is 5.48. The van der Waals surface area contributed by atoms with Gasteiger partial charge in [-0.25, -0.2) is 0 Å². The molecule has 0 saturated carbocycles. The molecule has 2 aromatic rings.